The smallest absolute Gasteiger partial charge is 0.178 e. The summed E-state index contributed by atoms with van der Waals surface area (Å²) >= 11 is 5.31. The molecule has 4 heteroatoms. The van der Waals surface area contributed by atoms with Gasteiger partial charge >= 0.3 is 0 Å². The van der Waals surface area contributed by atoms with Crippen molar-refractivity contribution < 1.29 is 4.42 Å². The molecule has 0 spiro atoms. The summed E-state index contributed by atoms with van der Waals surface area (Å²) < 4.78 is 8.28. The zero-order valence-electron chi connectivity index (χ0n) is 9.73. The number of furan rings is 1. The van der Waals surface area contributed by atoms with E-state index in [1.807, 2.05) is 18.3 Å². The Morgan fingerprint density at radius 1 is 1.38 bits per heavy atom. The number of rotatable bonds is 3. The number of hydrogen-bond acceptors (Lipinski definition) is 2. The van der Waals surface area contributed by atoms with Crippen molar-refractivity contribution in [3.8, 4) is 0 Å². The minimum absolute atomic E-state index is 0.131. The normalized spacial score (nSPS) is 13.2. The van der Waals surface area contributed by atoms with Crippen LogP contribution in [0.1, 0.15) is 44.2 Å². The van der Waals surface area contributed by atoms with E-state index in [9.17, 15) is 0 Å². The van der Waals surface area contributed by atoms with E-state index in [-0.39, 0.29) is 6.04 Å². The molecule has 0 saturated carbocycles. The van der Waals surface area contributed by atoms with E-state index in [0.29, 0.717) is 5.92 Å². The van der Waals surface area contributed by atoms with E-state index in [2.05, 4.69) is 30.3 Å². The summed E-state index contributed by atoms with van der Waals surface area (Å²) in [5.41, 5.74) is 1.20. The second-order valence-corrected chi connectivity index (χ2v) is 4.62. The van der Waals surface area contributed by atoms with Crippen molar-refractivity contribution in [3.63, 3.8) is 0 Å². The summed E-state index contributed by atoms with van der Waals surface area (Å²) in [6.45, 7) is 6.40. The molecule has 86 valence electrons. The van der Waals surface area contributed by atoms with Crippen LogP contribution in [0.5, 0.6) is 0 Å². The average molecular weight is 236 g/mol. The molecule has 0 amide bonds. The van der Waals surface area contributed by atoms with Crippen LogP contribution in [-0.2, 0) is 0 Å². The molecule has 3 nitrogen and oxygen atoms in total. The Morgan fingerprint density at radius 2 is 2.12 bits per heavy atom. The topological polar surface area (TPSA) is 33.9 Å². The molecule has 2 heterocycles. The molecular formula is C12H16N2OS. The number of imidazole rings is 1. The number of hydrogen-bond donors (Lipinski definition) is 1. The Hall–Kier alpha value is -1.29. The van der Waals surface area contributed by atoms with Gasteiger partial charge in [-0.25, -0.2) is 0 Å². The van der Waals surface area contributed by atoms with Gasteiger partial charge in [0.25, 0.3) is 0 Å². The maximum Gasteiger partial charge on any atom is 0.178 e. The largest absolute Gasteiger partial charge is 0.467 e. The zero-order valence-corrected chi connectivity index (χ0v) is 10.5. The van der Waals surface area contributed by atoms with Gasteiger partial charge in [-0.3, -0.25) is 0 Å². The quantitative estimate of drug-likeness (QED) is 0.821. The molecule has 1 atom stereocenters. The van der Waals surface area contributed by atoms with Gasteiger partial charge < -0.3 is 14.0 Å². The molecular weight excluding hydrogens is 220 g/mol. The first-order valence-corrected chi connectivity index (χ1v) is 5.85. The van der Waals surface area contributed by atoms with Crippen molar-refractivity contribution in [2.45, 2.75) is 32.7 Å². The van der Waals surface area contributed by atoms with E-state index < -0.39 is 0 Å². The summed E-state index contributed by atoms with van der Waals surface area (Å²) in [6, 6.07) is 4.01. The molecule has 0 aliphatic carbocycles. The number of nitrogens with zero attached hydrogens (tertiary/aromatic N) is 1. The van der Waals surface area contributed by atoms with Crippen molar-refractivity contribution in [2.75, 3.05) is 0 Å². The minimum atomic E-state index is 0.131. The fraction of sp³-hybridized carbons (Fsp3) is 0.417. The van der Waals surface area contributed by atoms with Crippen LogP contribution in [0.25, 0.3) is 0 Å². The minimum Gasteiger partial charge on any atom is -0.467 e. The Morgan fingerprint density at radius 3 is 2.69 bits per heavy atom. The molecule has 2 aromatic rings. The highest BCUT2D eigenvalue weighted by molar-refractivity contribution is 7.71. The van der Waals surface area contributed by atoms with Crippen molar-refractivity contribution in [2.24, 2.45) is 0 Å². The lowest BCUT2D eigenvalue weighted by Crippen LogP contribution is -2.10. The third kappa shape index (κ3) is 1.85. The maximum atomic E-state index is 5.43. The molecule has 1 unspecified atom stereocenters. The lowest BCUT2D eigenvalue weighted by Gasteiger charge is -2.16. The highest BCUT2D eigenvalue weighted by Crippen LogP contribution is 2.24. The lowest BCUT2D eigenvalue weighted by molar-refractivity contribution is 0.435. The number of aromatic nitrogens is 2. The molecule has 0 fully saturated rings. The zero-order chi connectivity index (χ0) is 11.7. The van der Waals surface area contributed by atoms with Gasteiger partial charge in [0, 0.05) is 11.9 Å². The van der Waals surface area contributed by atoms with Gasteiger partial charge in [0.05, 0.1) is 12.3 Å². The molecule has 0 aromatic carbocycles. The van der Waals surface area contributed by atoms with Crippen LogP contribution in [0, 0.1) is 4.77 Å². The van der Waals surface area contributed by atoms with Crippen molar-refractivity contribution >= 4 is 12.2 Å². The molecule has 0 aliphatic rings. The predicted octanol–water partition coefficient (Wildman–Crippen LogP) is 3.87. The first-order valence-electron chi connectivity index (χ1n) is 5.44. The Balaban J connectivity index is 2.47. The van der Waals surface area contributed by atoms with Crippen molar-refractivity contribution in [1.29, 1.82) is 0 Å². The van der Waals surface area contributed by atoms with Gasteiger partial charge in [-0.1, -0.05) is 13.8 Å². The first-order chi connectivity index (χ1) is 7.61. The highest BCUT2D eigenvalue weighted by atomic mass is 32.1. The third-order valence-corrected chi connectivity index (χ3v) is 3.09. The lowest BCUT2D eigenvalue weighted by atomic mass is 10.1. The molecule has 1 N–H and O–H groups in total. The molecule has 0 bridgehead atoms. The Kier molecular flexibility index (Phi) is 3.01. The van der Waals surface area contributed by atoms with Gasteiger partial charge in [0.1, 0.15) is 5.76 Å². The molecule has 0 aliphatic heterocycles. The standard InChI is InChI=1S/C12H16N2OS/c1-8(2)10-7-13-12(16)14(10)9(3)11-5-4-6-15-11/h4-9H,1-3H3,(H,13,16). The second kappa shape index (κ2) is 4.29. The summed E-state index contributed by atoms with van der Waals surface area (Å²) in [5, 5.41) is 0. The number of nitrogens with one attached hydrogen (secondary N) is 1. The average Bonchev–Trinajstić information content (AvgIpc) is 2.84. The maximum absolute atomic E-state index is 5.43. The summed E-state index contributed by atoms with van der Waals surface area (Å²) in [6.07, 6.45) is 3.67. The van der Waals surface area contributed by atoms with Crippen LogP contribution in [0.2, 0.25) is 0 Å². The van der Waals surface area contributed by atoms with Gasteiger partial charge in [-0.2, -0.15) is 0 Å². The van der Waals surface area contributed by atoms with E-state index in [0.717, 1.165) is 10.5 Å². The molecule has 2 aromatic heterocycles. The second-order valence-electron chi connectivity index (χ2n) is 4.23. The Bertz CT molecular complexity index is 507. The van der Waals surface area contributed by atoms with E-state index in [1.54, 1.807) is 6.26 Å². The number of H-pyrrole nitrogens is 1. The first kappa shape index (κ1) is 11.2. The van der Waals surface area contributed by atoms with Crippen LogP contribution in [-0.4, -0.2) is 9.55 Å². The highest BCUT2D eigenvalue weighted by Gasteiger charge is 2.16. The van der Waals surface area contributed by atoms with Gasteiger partial charge in [-0.05, 0) is 37.2 Å². The molecule has 0 radical (unpaired) electrons. The van der Waals surface area contributed by atoms with Gasteiger partial charge in [0.2, 0.25) is 0 Å². The van der Waals surface area contributed by atoms with Gasteiger partial charge in [-0.15, -0.1) is 0 Å². The predicted molar refractivity (Wildman–Crippen MR) is 66.2 cm³/mol. The van der Waals surface area contributed by atoms with Crippen LogP contribution in [0.15, 0.2) is 29.0 Å². The summed E-state index contributed by atoms with van der Waals surface area (Å²) in [5.74, 6) is 1.36. The molecule has 2 rings (SSSR count). The third-order valence-electron chi connectivity index (χ3n) is 2.77. The van der Waals surface area contributed by atoms with E-state index in [1.165, 1.54) is 5.69 Å². The van der Waals surface area contributed by atoms with E-state index in [4.69, 9.17) is 16.6 Å². The Labute approximate surface area is 100 Å². The van der Waals surface area contributed by atoms with Crippen LogP contribution in [0.4, 0.5) is 0 Å². The SMILES string of the molecule is CC(C)c1c[nH]c(=S)n1C(C)c1ccco1. The van der Waals surface area contributed by atoms with Crippen molar-refractivity contribution in [3.05, 3.63) is 40.8 Å². The van der Waals surface area contributed by atoms with Crippen molar-refractivity contribution in [1.82, 2.24) is 9.55 Å². The summed E-state index contributed by atoms with van der Waals surface area (Å²) in [7, 11) is 0. The monoisotopic (exact) mass is 236 g/mol. The molecule has 16 heavy (non-hydrogen) atoms. The summed E-state index contributed by atoms with van der Waals surface area (Å²) in [4.78, 5) is 3.10. The van der Waals surface area contributed by atoms with Crippen LogP contribution < -0.4 is 0 Å². The fourth-order valence-corrected chi connectivity index (χ4v) is 2.22. The molecule has 0 saturated heterocycles. The fourth-order valence-electron chi connectivity index (χ4n) is 1.89. The van der Waals surface area contributed by atoms with E-state index >= 15 is 0 Å². The number of aromatic amines is 1. The van der Waals surface area contributed by atoms with Crippen LogP contribution >= 0.6 is 12.2 Å². The van der Waals surface area contributed by atoms with Crippen LogP contribution in [0.3, 0.4) is 0 Å². The van der Waals surface area contributed by atoms with Gasteiger partial charge in [0.15, 0.2) is 4.77 Å².